The molecule has 110 valence electrons. The van der Waals surface area contributed by atoms with Gasteiger partial charge in [-0.1, -0.05) is 43.3 Å². The molecule has 0 heterocycles. The highest BCUT2D eigenvalue weighted by molar-refractivity contribution is 5.94. The van der Waals surface area contributed by atoms with Crippen LogP contribution in [0.2, 0.25) is 0 Å². The van der Waals surface area contributed by atoms with Crippen molar-refractivity contribution in [3.63, 3.8) is 0 Å². The Bertz CT molecular complexity index is 622. The van der Waals surface area contributed by atoms with Gasteiger partial charge in [0.2, 0.25) is 0 Å². The average molecular weight is 283 g/mol. The zero-order valence-electron chi connectivity index (χ0n) is 12.7. The maximum absolute atomic E-state index is 12.2. The van der Waals surface area contributed by atoms with Crippen LogP contribution in [0.3, 0.4) is 0 Å². The SMILES string of the molecule is CCc1ccccc1O[C@@H](C)C(=O)Nc1ccccc1C. The summed E-state index contributed by atoms with van der Waals surface area (Å²) >= 11 is 0. The number of nitrogens with one attached hydrogen (secondary N) is 1. The minimum absolute atomic E-state index is 0.143. The van der Waals surface area contributed by atoms with Crippen LogP contribution in [0.5, 0.6) is 5.75 Å². The van der Waals surface area contributed by atoms with Gasteiger partial charge < -0.3 is 10.1 Å². The van der Waals surface area contributed by atoms with Crippen LogP contribution in [0.1, 0.15) is 25.0 Å². The second kappa shape index (κ2) is 6.93. The molecule has 3 nitrogen and oxygen atoms in total. The average Bonchev–Trinajstić information content (AvgIpc) is 2.50. The van der Waals surface area contributed by atoms with Crippen LogP contribution in [0.15, 0.2) is 48.5 Å². The summed E-state index contributed by atoms with van der Waals surface area (Å²) in [5, 5.41) is 2.90. The predicted octanol–water partition coefficient (Wildman–Crippen LogP) is 3.96. The Labute approximate surface area is 126 Å². The van der Waals surface area contributed by atoms with Gasteiger partial charge in [0.05, 0.1) is 0 Å². The molecule has 1 amide bonds. The number of hydrogen-bond acceptors (Lipinski definition) is 2. The quantitative estimate of drug-likeness (QED) is 0.902. The molecule has 1 atom stereocenters. The first-order valence-electron chi connectivity index (χ1n) is 7.23. The van der Waals surface area contributed by atoms with Gasteiger partial charge in [0.25, 0.3) is 5.91 Å². The molecular weight excluding hydrogens is 262 g/mol. The minimum atomic E-state index is -0.544. The summed E-state index contributed by atoms with van der Waals surface area (Å²) in [6.07, 6.45) is 0.333. The Morgan fingerprint density at radius 3 is 2.52 bits per heavy atom. The molecule has 0 spiro atoms. The molecule has 2 aromatic rings. The standard InChI is InChI=1S/C18H21NO2/c1-4-15-10-6-8-12-17(15)21-14(3)18(20)19-16-11-7-5-9-13(16)2/h5-12,14H,4H2,1-3H3,(H,19,20)/t14-/m0/s1. The predicted molar refractivity (Wildman–Crippen MR) is 85.7 cm³/mol. The molecule has 3 heteroatoms. The molecule has 0 aliphatic heterocycles. The normalized spacial score (nSPS) is 11.8. The van der Waals surface area contributed by atoms with Crippen LogP contribution in [-0.4, -0.2) is 12.0 Å². The molecule has 0 aliphatic carbocycles. The van der Waals surface area contributed by atoms with Crippen molar-refractivity contribution < 1.29 is 9.53 Å². The van der Waals surface area contributed by atoms with Gasteiger partial charge in [-0.25, -0.2) is 0 Å². The number of carbonyl (C=O) groups excluding carboxylic acids is 1. The van der Waals surface area contributed by atoms with Crippen LogP contribution in [0.25, 0.3) is 0 Å². The number of benzene rings is 2. The van der Waals surface area contributed by atoms with Crippen molar-refractivity contribution in [3.8, 4) is 5.75 Å². The second-order valence-electron chi connectivity index (χ2n) is 5.03. The lowest BCUT2D eigenvalue weighted by atomic mass is 10.1. The van der Waals surface area contributed by atoms with Crippen molar-refractivity contribution in [2.24, 2.45) is 0 Å². The molecule has 21 heavy (non-hydrogen) atoms. The molecule has 0 aromatic heterocycles. The van der Waals surface area contributed by atoms with Crippen LogP contribution in [-0.2, 0) is 11.2 Å². The van der Waals surface area contributed by atoms with Crippen molar-refractivity contribution in [1.29, 1.82) is 0 Å². The summed E-state index contributed by atoms with van der Waals surface area (Å²) in [5.74, 6) is 0.627. The Morgan fingerprint density at radius 1 is 1.14 bits per heavy atom. The lowest BCUT2D eigenvalue weighted by Crippen LogP contribution is -2.30. The highest BCUT2D eigenvalue weighted by Gasteiger charge is 2.16. The Balaban J connectivity index is 2.05. The smallest absolute Gasteiger partial charge is 0.265 e. The first kappa shape index (κ1) is 15.1. The molecule has 0 saturated heterocycles. The zero-order valence-corrected chi connectivity index (χ0v) is 12.7. The number of para-hydroxylation sites is 2. The van der Waals surface area contributed by atoms with Crippen molar-refractivity contribution in [1.82, 2.24) is 0 Å². The van der Waals surface area contributed by atoms with Crippen molar-refractivity contribution in [2.45, 2.75) is 33.3 Å². The largest absolute Gasteiger partial charge is 0.481 e. The van der Waals surface area contributed by atoms with Crippen molar-refractivity contribution in [2.75, 3.05) is 5.32 Å². The summed E-state index contributed by atoms with van der Waals surface area (Å²) in [4.78, 5) is 12.2. The summed E-state index contributed by atoms with van der Waals surface area (Å²) in [5.41, 5.74) is 2.96. The first-order chi connectivity index (χ1) is 10.1. The fourth-order valence-electron chi connectivity index (χ4n) is 2.10. The van der Waals surface area contributed by atoms with Crippen LogP contribution < -0.4 is 10.1 Å². The van der Waals surface area contributed by atoms with Crippen LogP contribution in [0.4, 0.5) is 5.69 Å². The number of ether oxygens (including phenoxy) is 1. The van der Waals surface area contributed by atoms with E-state index in [1.807, 2.05) is 55.5 Å². The van der Waals surface area contributed by atoms with E-state index in [9.17, 15) is 4.79 Å². The van der Waals surface area contributed by atoms with Crippen molar-refractivity contribution >= 4 is 11.6 Å². The number of aryl methyl sites for hydroxylation is 2. The lowest BCUT2D eigenvalue weighted by molar-refractivity contribution is -0.122. The summed E-state index contributed by atoms with van der Waals surface area (Å²) in [7, 11) is 0. The van der Waals surface area contributed by atoms with E-state index in [2.05, 4.69) is 12.2 Å². The Kier molecular flexibility index (Phi) is 4.99. The lowest BCUT2D eigenvalue weighted by Gasteiger charge is -2.17. The topological polar surface area (TPSA) is 38.3 Å². The molecule has 0 bridgehead atoms. The fraction of sp³-hybridized carbons (Fsp3) is 0.278. The highest BCUT2D eigenvalue weighted by Crippen LogP contribution is 2.20. The summed E-state index contributed by atoms with van der Waals surface area (Å²) in [6.45, 7) is 5.80. The van der Waals surface area contributed by atoms with E-state index in [0.717, 1.165) is 29.0 Å². The fourth-order valence-corrected chi connectivity index (χ4v) is 2.10. The molecule has 0 unspecified atom stereocenters. The first-order valence-corrected chi connectivity index (χ1v) is 7.23. The number of hydrogen-bond donors (Lipinski definition) is 1. The summed E-state index contributed by atoms with van der Waals surface area (Å²) in [6, 6.07) is 15.5. The zero-order chi connectivity index (χ0) is 15.2. The molecule has 0 radical (unpaired) electrons. The van der Waals surface area contributed by atoms with E-state index in [4.69, 9.17) is 4.74 Å². The molecule has 2 rings (SSSR count). The van der Waals surface area contributed by atoms with Gasteiger partial charge in [-0.05, 0) is 43.5 Å². The van der Waals surface area contributed by atoms with Crippen LogP contribution in [0, 0.1) is 6.92 Å². The highest BCUT2D eigenvalue weighted by atomic mass is 16.5. The maximum atomic E-state index is 12.2. The Hall–Kier alpha value is -2.29. The van der Waals surface area contributed by atoms with Crippen LogP contribution >= 0.6 is 0 Å². The van der Waals surface area contributed by atoms with Crippen molar-refractivity contribution in [3.05, 3.63) is 59.7 Å². The monoisotopic (exact) mass is 283 g/mol. The maximum Gasteiger partial charge on any atom is 0.265 e. The molecule has 0 fully saturated rings. The van der Waals surface area contributed by atoms with Gasteiger partial charge in [0.15, 0.2) is 6.10 Å². The van der Waals surface area contributed by atoms with Gasteiger partial charge in [-0.15, -0.1) is 0 Å². The number of rotatable bonds is 5. The molecular formula is C18H21NO2. The van der Waals surface area contributed by atoms with E-state index in [0.29, 0.717) is 0 Å². The van der Waals surface area contributed by atoms with E-state index in [1.54, 1.807) is 6.92 Å². The summed E-state index contributed by atoms with van der Waals surface area (Å²) < 4.78 is 5.80. The van der Waals surface area contributed by atoms with Gasteiger partial charge >= 0.3 is 0 Å². The minimum Gasteiger partial charge on any atom is -0.481 e. The number of anilines is 1. The third kappa shape index (κ3) is 3.85. The molecule has 0 aliphatic rings. The molecule has 0 saturated carbocycles. The van der Waals surface area contributed by atoms with E-state index in [-0.39, 0.29) is 5.91 Å². The molecule has 2 aromatic carbocycles. The van der Waals surface area contributed by atoms with E-state index < -0.39 is 6.10 Å². The van der Waals surface area contributed by atoms with E-state index in [1.165, 1.54) is 0 Å². The number of amides is 1. The van der Waals surface area contributed by atoms with Gasteiger partial charge in [0.1, 0.15) is 5.75 Å². The van der Waals surface area contributed by atoms with Gasteiger partial charge in [-0.3, -0.25) is 4.79 Å². The second-order valence-corrected chi connectivity index (χ2v) is 5.03. The van der Waals surface area contributed by atoms with Gasteiger partial charge in [-0.2, -0.15) is 0 Å². The number of carbonyl (C=O) groups is 1. The third-order valence-corrected chi connectivity index (χ3v) is 3.43. The van der Waals surface area contributed by atoms with Gasteiger partial charge in [0, 0.05) is 5.69 Å². The van der Waals surface area contributed by atoms with E-state index >= 15 is 0 Å². The third-order valence-electron chi connectivity index (χ3n) is 3.43. The Morgan fingerprint density at radius 2 is 1.81 bits per heavy atom. The molecule has 1 N–H and O–H groups in total.